The van der Waals surface area contributed by atoms with Crippen molar-refractivity contribution in [2.24, 2.45) is 0 Å². The minimum Gasteiger partial charge on any atom is -0.481 e. The molecule has 0 aliphatic rings. The molecule has 2 aromatic rings. The summed E-state index contributed by atoms with van der Waals surface area (Å²) in [6.07, 6.45) is 0. The van der Waals surface area contributed by atoms with Gasteiger partial charge in [0.05, 0.1) is 12.7 Å². The molecule has 0 aliphatic heterocycles. The largest absolute Gasteiger partial charge is 0.481 e. The fourth-order valence-electron chi connectivity index (χ4n) is 1.55. The van der Waals surface area contributed by atoms with Gasteiger partial charge in [0.25, 0.3) is 5.91 Å². The lowest BCUT2D eigenvalue weighted by Gasteiger charge is -2.07. The zero-order valence-corrected chi connectivity index (χ0v) is 11.5. The topological polar surface area (TPSA) is 64.1 Å². The average Bonchev–Trinajstić information content (AvgIpc) is 2.41. The van der Waals surface area contributed by atoms with Gasteiger partial charge in [0.15, 0.2) is 0 Å². The lowest BCUT2D eigenvalue weighted by atomic mass is 10.1. The van der Waals surface area contributed by atoms with E-state index in [4.69, 9.17) is 16.3 Å². The fourth-order valence-corrected chi connectivity index (χ4v) is 1.72. The molecule has 104 valence electrons. The van der Waals surface area contributed by atoms with E-state index in [-0.39, 0.29) is 22.5 Å². The van der Waals surface area contributed by atoms with Crippen molar-refractivity contribution in [3.8, 4) is 5.88 Å². The summed E-state index contributed by atoms with van der Waals surface area (Å²) in [5, 5.41) is 2.48. The van der Waals surface area contributed by atoms with E-state index >= 15 is 0 Å². The number of nitrogens with zero attached hydrogens (tertiary/aromatic N) is 2. The van der Waals surface area contributed by atoms with Crippen molar-refractivity contribution in [1.29, 1.82) is 0 Å². The van der Waals surface area contributed by atoms with E-state index < -0.39 is 11.7 Å². The predicted molar refractivity (Wildman–Crippen MR) is 72.7 cm³/mol. The third-order valence-electron chi connectivity index (χ3n) is 2.54. The Hall–Kier alpha value is -2.21. The fraction of sp³-hybridized carbons (Fsp3) is 0.154. The molecular formula is C13H11ClFN3O2. The van der Waals surface area contributed by atoms with Crippen LogP contribution in [0.4, 0.5) is 10.3 Å². The number of halogens is 2. The minimum atomic E-state index is -0.657. The highest BCUT2D eigenvalue weighted by molar-refractivity contribution is 6.29. The van der Waals surface area contributed by atoms with Crippen LogP contribution in [-0.4, -0.2) is 23.0 Å². The monoisotopic (exact) mass is 295 g/mol. The second-order valence-electron chi connectivity index (χ2n) is 3.95. The van der Waals surface area contributed by atoms with Gasteiger partial charge in [-0.25, -0.2) is 9.37 Å². The highest BCUT2D eigenvalue weighted by atomic mass is 35.5. The molecule has 1 aromatic heterocycles. The molecule has 1 heterocycles. The van der Waals surface area contributed by atoms with Crippen LogP contribution in [0.15, 0.2) is 24.3 Å². The maximum Gasteiger partial charge on any atom is 0.261 e. The summed E-state index contributed by atoms with van der Waals surface area (Å²) in [5.74, 6) is -1.10. The Bertz CT molecular complexity index is 664. The van der Waals surface area contributed by atoms with Crippen LogP contribution < -0.4 is 10.1 Å². The van der Waals surface area contributed by atoms with Crippen LogP contribution in [-0.2, 0) is 0 Å². The Morgan fingerprint density at radius 2 is 2.15 bits per heavy atom. The molecule has 0 unspecified atom stereocenters. The van der Waals surface area contributed by atoms with E-state index in [1.807, 2.05) is 0 Å². The van der Waals surface area contributed by atoms with Crippen molar-refractivity contribution in [3.63, 3.8) is 0 Å². The first-order valence-corrected chi connectivity index (χ1v) is 6.04. The molecule has 0 radical (unpaired) electrons. The SMILES string of the molecule is COc1cc(Cl)nc(NC(=O)c2cccc(C)c2F)n1. The van der Waals surface area contributed by atoms with E-state index in [9.17, 15) is 9.18 Å². The van der Waals surface area contributed by atoms with E-state index in [1.165, 1.54) is 19.2 Å². The Morgan fingerprint density at radius 3 is 2.85 bits per heavy atom. The first-order chi connectivity index (χ1) is 9.51. The number of hydrogen-bond donors (Lipinski definition) is 1. The molecule has 0 atom stereocenters. The van der Waals surface area contributed by atoms with E-state index in [2.05, 4.69) is 15.3 Å². The molecule has 0 saturated carbocycles. The van der Waals surface area contributed by atoms with E-state index in [0.29, 0.717) is 5.56 Å². The third kappa shape index (κ3) is 3.03. The number of aryl methyl sites for hydroxylation is 1. The van der Waals surface area contributed by atoms with Crippen molar-refractivity contribution in [3.05, 3.63) is 46.4 Å². The summed E-state index contributed by atoms with van der Waals surface area (Å²) in [6.45, 7) is 1.57. The van der Waals surface area contributed by atoms with Crippen molar-refractivity contribution in [2.75, 3.05) is 12.4 Å². The Morgan fingerprint density at radius 1 is 1.40 bits per heavy atom. The van der Waals surface area contributed by atoms with Crippen molar-refractivity contribution >= 4 is 23.5 Å². The van der Waals surface area contributed by atoms with Gasteiger partial charge >= 0.3 is 0 Å². The molecule has 1 N–H and O–H groups in total. The van der Waals surface area contributed by atoms with Gasteiger partial charge in [-0.3, -0.25) is 10.1 Å². The van der Waals surface area contributed by atoms with Crippen LogP contribution in [0, 0.1) is 12.7 Å². The summed E-state index contributed by atoms with van der Waals surface area (Å²) >= 11 is 5.76. The van der Waals surface area contributed by atoms with Gasteiger partial charge in [-0.1, -0.05) is 23.7 Å². The Labute approximate surface area is 119 Å². The van der Waals surface area contributed by atoms with Gasteiger partial charge in [0.1, 0.15) is 11.0 Å². The molecule has 0 saturated heterocycles. The molecule has 7 heteroatoms. The lowest BCUT2D eigenvalue weighted by Crippen LogP contribution is -2.16. The Kier molecular flexibility index (Phi) is 4.14. The molecular weight excluding hydrogens is 285 g/mol. The number of benzene rings is 1. The number of rotatable bonds is 3. The molecule has 1 amide bonds. The number of anilines is 1. The van der Waals surface area contributed by atoms with Gasteiger partial charge in [-0.15, -0.1) is 0 Å². The van der Waals surface area contributed by atoms with E-state index in [1.54, 1.807) is 19.1 Å². The molecule has 0 aliphatic carbocycles. The Balaban J connectivity index is 2.28. The van der Waals surface area contributed by atoms with Crippen LogP contribution in [0.1, 0.15) is 15.9 Å². The number of nitrogens with one attached hydrogen (secondary N) is 1. The standard InChI is InChI=1S/C13H11ClFN3O2/c1-7-4-3-5-8(11(7)15)12(19)18-13-16-9(14)6-10(17-13)20-2/h3-6H,1-2H3,(H,16,17,18,19). The summed E-state index contributed by atoms with van der Waals surface area (Å²) in [7, 11) is 1.41. The highest BCUT2D eigenvalue weighted by Crippen LogP contribution is 2.17. The molecule has 20 heavy (non-hydrogen) atoms. The maximum absolute atomic E-state index is 13.8. The second kappa shape index (κ2) is 5.83. The molecule has 5 nitrogen and oxygen atoms in total. The number of aromatic nitrogens is 2. The van der Waals surface area contributed by atoms with Crippen LogP contribution >= 0.6 is 11.6 Å². The number of carbonyl (C=O) groups excluding carboxylic acids is 1. The van der Waals surface area contributed by atoms with Gasteiger partial charge in [-0.2, -0.15) is 4.98 Å². The van der Waals surface area contributed by atoms with Crippen molar-refractivity contribution < 1.29 is 13.9 Å². The van der Waals surface area contributed by atoms with Crippen molar-refractivity contribution in [1.82, 2.24) is 9.97 Å². The number of methoxy groups -OCH3 is 1. The second-order valence-corrected chi connectivity index (χ2v) is 4.33. The van der Waals surface area contributed by atoms with Crippen LogP contribution in [0.5, 0.6) is 5.88 Å². The zero-order chi connectivity index (χ0) is 14.7. The highest BCUT2D eigenvalue weighted by Gasteiger charge is 2.15. The van der Waals surface area contributed by atoms with Gasteiger partial charge < -0.3 is 4.74 Å². The molecule has 1 aromatic carbocycles. The summed E-state index contributed by atoms with van der Waals surface area (Å²) in [4.78, 5) is 19.7. The molecule has 0 fully saturated rings. The summed E-state index contributed by atoms with van der Waals surface area (Å²) in [6, 6.07) is 5.93. The molecule has 2 rings (SSSR count). The first kappa shape index (κ1) is 14.2. The molecule has 0 spiro atoms. The predicted octanol–water partition coefficient (Wildman–Crippen LogP) is 2.84. The van der Waals surface area contributed by atoms with Crippen LogP contribution in [0.2, 0.25) is 5.15 Å². The normalized spacial score (nSPS) is 10.2. The number of amides is 1. The van der Waals surface area contributed by atoms with Gasteiger partial charge in [0.2, 0.25) is 11.8 Å². The van der Waals surface area contributed by atoms with Gasteiger partial charge in [-0.05, 0) is 18.6 Å². The average molecular weight is 296 g/mol. The van der Waals surface area contributed by atoms with Crippen molar-refractivity contribution in [2.45, 2.75) is 6.92 Å². The van der Waals surface area contributed by atoms with Crippen LogP contribution in [0.25, 0.3) is 0 Å². The number of ether oxygens (including phenoxy) is 1. The van der Waals surface area contributed by atoms with Crippen LogP contribution in [0.3, 0.4) is 0 Å². The zero-order valence-electron chi connectivity index (χ0n) is 10.8. The molecule has 0 bridgehead atoms. The number of carbonyl (C=O) groups is 1. The minimum absolute atomic E-state index is 0.0553. The summed E-state index contributed by atoms with van der Waals surface area (Å²) in [5.41, 5.74) is 0.287. The number of hydrogen-bond acceptors (Lipinski definition) is 4. The van der Waals surface area contributed by atoms with Gasteiger partial charge in [0, 0.05) is 6.07 Å². The van der Waals surface area contributed by atoms with E-state index in [0.717, 1.165) is 0 Å². The lowest BCUT2D eigenvalue weighted by molar-refractivity contribution is 0.102. The smallest absolute Gasteiger partial charge is 0.261 e. The first-order valence-electron chi connectivity index (χ1n) is 5.66. The third-order valence-corrected chi connectivity index (χ3v) is 2.74. The summed E-state index contributed by atoms with van der Waals surface area (Å²) < 4.78 is 18.7. The quantitative estimate of drug-likeness (QED) is 0.884. The maximum atomic E-state index is 13.8.